The van der Waals surface area contributed by atoms with Gasteiger partial charge in [-0.1, -0.05) is 18.6 Å². The molecule has 0 aromatic heterocycles. The van der Waals surface area contributed by atoms with Gasteiger partial charge in [-0.05, 0) is 42.4 Å². The summed E-state index contributed by atoms with van der Waals surface area (Å²) in [6.45, 7) is 1.12. The molecule has 0 radical (unpaired) electrons. The van der Waals surface area contributed by atoms with Gasteiger partial charge in [0.2, 0.25) is 0 Å². The number of piperidine rings is 1. The van der Waals surface area contributed by atoms with Gasteiger partial charge in [-0.3, -0.25) is 4.90 Å². The van der Waals surface area contributed by atoms with Crippen LogP contribution >= 0.6 is 0 Å². The number of benzene rings is 1. The molecule has 1 saturated carbocycles. The molecule has 2 bridgehead atoms. The summed E-state index contributed by atoms with van der Waals surface area (Å²) in [5.41, 5.74) is 0.944. The van der Waals surface area contributed by atoms with Crippen LogP contribution < -0.4 is 4.74 Å². The molecular formula is C17H22F3NO2. The molecule has 3 rings (SSSR count). The van der Waals surface area contributed by atoms with E-state index in [0.717, 1.165) is 31.5 Å². The van der Waals surface area contributed by atoms with Gasteiger partial charge in [0.1, 0.15) is 5.75 Å². The van der Waals surface area contributed by atoms with Crippen LogP contribution in [0.2, 0.25) is 0 Å². The van der Waals surface area contributed by atoms with Crippen molar-refractivity contribution in [2.75, 3.05) is 19.7 Å². The number of nitrogens with zero attached hydrogens (tertiary/aromatic N) is 1. The van der Waals surface area contributed by atoms with E-state index in [-0.39, 0.29) is 11.9 Å². The highest BCUT2D eigenvalue weighted by molar-refractivity contribution is 5.28. The van der Waals surface area contributed by atoms with E-state index < -0.39 is 12.8 Å². The second-order valence-corrected chi connectivity index (χ2v) is 6.69. The Bertz CT molecular complexity index is 521. The van der Waals surface area contributed by atoms with Crippen molar-refractivity contribution in [3.63, 3.8) is 0 Å². The second-order valence-electron chi connectivity index (χ2n) is 6.69. The SMILES string of the molecule is OC1C2CCCC1CN(Cc1cccc(OCC(F)(F)F)c1)C2. The topological polar surface area (TPSA) is 32.7 Å². The quantitative estimate of drug-likeness (QED) is 0.921. The third-order valence-electron chi connectivity index (χ3n) is 4.81. The van der Waals surface area contributed by atoms with Crippen molar-refractivity contribution >= 4 is 0 Å². The first-order valence-corrected chi connectivity index (χ1v) is 8.09. The van der Waals surface area contributed by atoms with Crippen LogP contribution in [0, 0.1) is 11.8 Å². The summed E-state index contributed by atoms with van der Waals surface area (Å²) in [5.74, 6) is 0.899. The van der Waals surface area contributed by atoms with Gasteiger partial charge in [-0.2, -0.15) is 13.2 Å². The van der Waals surface area contributed by atoms with Crippen LogP contribution in [0.15, 0.2) is 24.3 Å². The lowest BCUT2D eigenvalue weighted by Gasteiger charge is -2.45. The number of hydrogen-bond acceptors (Lipinski definition) is 3. The Morgan fingerprint density at radius 2 is 1.87 bits per heavy atom. The van der Waals surface area contributed by atoms with E-state index in [0.29, 0.717) is 18.4 Å². The first kappa shape index (κ1) is 16.6. The van der Waals surface area contributed by atoms with Gasteiger partial charge >= 0.3 is 6.18 Å². The molecule has 1 aromatic rings. The van der Waals surface area contributed by atoms with Crippen molar-refractivity contribution in [1.82, 2.24) is 4.90 Å². The molecule has 1 N–H and O–H groups in total. The first-order valence-electron chi connectivity index (χ1n) is 8.09. The number of ether oxygens (including phenoxy) is 1. The van der Waals surface area contributed by atoms with E-state index >= 15 is 0 Å². The Morgan fingerprint density at radius 3 is 2.52 bits per heavy atom. The molecule has 1 aliphatic carbocycles. The number of aliphatic hydroxyl groups excluding tert-OH is 1. The summed E-state index contributed by atoms with van der Waals surface area (Å²) < 4.78 is 41.5. The Kier molecular flexibility index (Phi) is 4.82. The molecule has 2 unspecified atom stereocenters. The minimum absolute atomic E-state index is 0.193. The minimum Gasteiger partial charge on any atom is -0.484 e. The average Bonchev–Trinajstić information content (AvgIpc) is 2.46. The van der Waals surface area contributed by atoms with E-state index in [1.54, 1.807) is 18.2 Å². The lowest BCUT2D eigenvalue weighted by Crippen LogP contribution is -2.51. The second kappa shape index (κ2) is 6.69. The summed E-state index contributed by atoms with van der Waals surface area (Å²) in [4.78, 5) is 2.30. The number of likely N-dealkylation sites (tertiary alicyclic amines) is 1. The van der Waals surface area contributed by atoms with E-state index in [2.05, 4.69) is 4.90 Å². The molecule has 2 atom stereocenters. The zero-order valence-electron chi connectivity index (χ0n) is 12.9. The molecule has 6 heteroatoms. The molecular weight excluding hydrogens is 307 g/mol. The number of aliphatic hydroxyl groups is 1. The normalized spacial score (nSPS) is 28.6. The van der Waals surface area contributed by atoms with Crippen LogP contribution in [0.25, 0.3) is 0 Å². The predicted octanol–water partition coefficient (Wildman–Crippen LogP) is 3.22. The standard InChI is InChI=1S/C17H22F3NO2/c18-17(19,20)11-23-15-6-1-3-12(7-15)8-21-9-13-4-2-5-14(10-21)16(13)22/h1,3,6-7,13-14,16,22H,2,4-5,8-11H2. The molecule has 2 aliphatic rings. The van der Waals surface area contributed by atoms with Crippen LogP contribution in [0.1, 0.15) is 24.8 Å². The Morgan fingerprint density at radius 1 is 1.17 bits per heavy atom. The fraction of sp³-hybridized carbons (Fsp3) is 0.647. The summed E-state index contributed by atoms with van der Waals surface area (Å²) in [6.07, 6.45) is -1.22. The highest BCUT2D eigenvalue weighted by atomic mass is 19.4. The van der Waals surface area contributed by atoms with E-state index in [1.165, 1.54) is 6.42 Å². The zero-order chi connectivity index (χ0) is 16.4. The summed E-state index contributed by atoms with van der Waals surface area (Å²) in [6, 6.07) is 6.85. The smallest absolute Gasteiger partial charge is 0.422 e. The molecule has 0 amide bonds. The summed E-state index contributed by atoms with van der Waals surface area (Å²) in [5, 5.41) is 10.2. The molecule has 1 aliphatic heterocycles. The van der Waals surface area contributed by atoms with E-state index in [4.69, 9.17) is 4.74 Å². The fourth-order valence-corrected chi connectivity index (χ4v) is 3.79. The molecule has 0 spiro atoms. The van der Waals surface area contributed by atoms with Gasteiger partial charge in [0, 0.05) is 19.6 Å². The summed E-state index contributed by atoms with van der Waals surface area (Å²) >= 11 is 0. The Labute approximate surface area is 134 Å². The van der Waals surface area contributed by atoms with Crippen molar-refractivity contribution in [2.45, 2.75) is 38.1 Å². The highest BCUT2D eigenvalue weighted by Crippen LogP contribution is 2.35. The average molecular weight is 329 g/mol. The van der Waals surface area contributed by atoms with Gasteiger partial charge in [0.25, 0.3) is 0 Å². The van der Waals surface area contributed by atoms with Gasteiger partial charge in [-0.15, -0.1) is 0 Å². The van der Waals surface area contributed by atoms with Gasteiger partial charge in [0.15, 0.2) is 6.61 Å². The Hall–Kier alpha value is -1.27. The van der Waals surface area contributed by atoms with E-state index in [1.807, 2.05) is 6.07 Å². The van der Waals surface area contributed by atoms with E-state index in [9.17, 15) is 18.3 Å². The number of rotatable bonds is 4. The lowest BCUT2D eigenvalue weighted by atomic mass is 9.75. The third-order valence-corrected chi connectivity index (χ3v) is 4.81. The number of alkyl halides is 3. The van der Waals surface area contributed by atoms with Gasteiger partial charge < -0.3 is 9.84 Å². The number of hydrogen-bond donors (Lipinski definition) is 1. The maximum atomic E-state index is 12.2. The van der Waals surface area contributed by atoms with Crippen molar-refractivity contribution in [1.29, 1.82) is 0 Å². The largest absolute Gasteiger partial charge is 0.484 e. The molecule has 128 valence electrons. The monoisotopic (exact) mass is 329 g/mol. The summed E-state index contributed by atoms with van der Waals surface area (Å²) in [7, 11) is 0. The van der Waals surface area contributed by atoms with Gasteiger partial charge in [-0.25, -0.2) is 0 Å². The molecule has 1 heterocycles. The van der Waals surface area contributed by atoms with Crippen LogP contribution in [-0.2, 0) is 6.54 Å². The van der Waals surface area contributed by atoms with Crippen molar-refractivity contribution in [2.24, 2.45) is 11.8 Å². The molecule has 1 aromatic carbocycles. The maximum absolute atomic E-state index is 12.2. The molecule has 2 fully saturated rings. The van der Waals surface area contributed by atoms with Gasteiger partial charge in [0.05, 0.1) is 6.10 Å². The lowest BCUT2D eigenvalue weighted by molar-refractivity contribution is -0.153. The zero-order valence-corrected chi connectivity index (χ0v) is 12.9. The Balaban J connectivity index is 1.60. The fourth-order valence-electron chi connectivity index (χ4n) is 3.79. The molecule has 3 nitrogen and oxygen atoms in total. The number of fused-ring (bicyclic) bond motifs is 2. The molecule has 23 heavy (non-hydrogen) atoms. The molecule has 1 saturated heterocycles. The minimum atomic E-state index is -4.32. The van der Waals surface area contributed by atoms with Crippen LogP contribution in [-0.4, -0.2) is 42.0 Å². The van der Waals surface area contributed by atoms with Crippen LogP contribution in [0.5, 0.6) is 5.75 Å². The van der Waals surface area contributed by atoms with Crippen LogP contribution in [0.4, 0.5) is 13.2 Å². The maximum Gasteiger partial charge on any atom is 0.422 e. The predicted molar refractivity (Wildman–Crippen MR) is 80.1 cm³/mol. The van der Waals surface area contributed by atoms with Crippen molar-refractivity contribution in [3.05, 3.63) is 29.8 Å². The van der Waals surface area contributed by atoms with Crippen molar-refractivity contribution < 1.29 is 23.0 Å². The van der Waals surface area contributed by atoms with Crippen molar-refractivity contribution in [3.8, 4) is 5.75 Å². The number of halogens is 3. The first-order chi connectivity index (χ1) is 10.9. The van der Waals surface area contributed by atoms with Crippen LogP contribution in [0.3, 0.4) is 0 Å². The third kappa shape index (κ3) is 4.38. The highest BCUT2D eigenvalue weighted by Gasteiger charge is 2.38.